The van der Waals surface area contributed by atoms with Crippen molar-refractivity contribution in [3.8, 4) is 16.9 Å². The molecule has 4 rings (SSSR count). The van der Waals surface area contributed by atoms with Crippen molar-refractivity contribution in [2.24, 2.45) is 0 Å². The number of benzene rings is 2. The number of anilines is 1. The number of fused-ring (bicyclic) bond motifs is 1. The summed E-state index contributed by atoms with van der Waals surface area (Å²) in [6.45, 7) is 0.0489. The molecule has 6 nitrogen and oxygen atoms in total. The van der Waals surface area contributed by atoms with Gasteiger partial charge < -0.3 is 10.1 Å². The minimum atomic E-state index is -4.97. The van der Waals surface area contributed by atoms with Gasteiger partial charge in [-0.25, -0.2) is 13.6 Å². The van der Waals surface area contributed by atoms with E-state index in [1.165, 1.54) is 17.2 Å². The van der Waals surface area contributed by atoms with E-state index in [-0.39, 0.29) is 12.1 Å². The fraction of sp³-hybridized carbons (Fsp3) is 0.200. The van der Waals surface area contributed by atoms with E-state index in [2.05, 4.69) is 20.3 Å². The van der Waals surface area contributed by atoms with Gasteiger partial charge in [-0.15, -0.1) is 13.2 Å². The molecule has 0 atom stereocenters. The second-order valence-corrected chi connectivity index (χ2v) is 6.85. The molecule has 1 aromatic heterocycles. The van der Waals surface area contributed by atoms with Crippen molar-refractivity contribution >= 4 is 11.7 Å². The van der Waals surface area contributed by atoms with Gasteiger partial charge >= 0.3 is 12.4 Å². The molecule has 2 amide bonds. The SMILES string of the molecule is O=C(NCc1cc(F)cc(OC(F)(F)F)c1)N1CCc2cc(-c3cn[nH]c3)c(F)cc21. The van der Waals surface area contributed by atoms with Crippen LogP contribution in [-0.2, 0) is 13.0 Å². The molecule has 0 radical (unpaired) electrons. The van der Waals surface area contributed by atoms with Gasteiger partial charge in [0.05, 0.1) is 11.9 Å². The first-order chi connectivity index (χ1) is 14.7. The van der Waals surface area contributed by atoms with Gasteiger partial charge in [-0.2, -0.15) is 5.10 Å². The fourth-order valence-corrected chi connectivity index (χ4v) is 3.43. The van der Waals surface area contributed by atoms with Crippen molar-refractivity contribution in [2.45, 2.75) is 19.3 Å². The molecule has 1 aliphatic rings. The van der Waals surface area contributed by atoms with Crippen molar-refractivity contribution in [1.82, 2.24) is 15.5 Å². The number of hydrogen-bond acceptors (Lipinski definition) is 3. The minimum absolute atomic E-state index is 0.0773. The molecule has 0 saturated carbocycles. The molecular formula is C20H15F5N4O2. The summed E-state index contributed by atoms with van der Waals surface area (Å²) in [5, 5.41) is 8.92. The molecule has 11 heteroatoms. The molecule has 0 saturated heterocycles. The van der Waals surface area contributed by atoms with E-state index in [4.69, 9.17) is 0 Å². The van der Waals surface area contributed by atoms with Crippen molar-refractivity contribution in [3.05, 3.63) is 65.5 Å². The zero-order valence-corrected chi connectivity index (χ0v) is 15.8. The maximum atomic E-state index is 14.6. The monoisotopic (exact) mass is 438 g/mol. The topological polar surface area (TPSA) is 70.2 Å². The van der Waals surface area contributed by atoms with E-state index in [9.17, 15) is 26.7 Å². The van der Waals surface area contributed by atoms with Crippen LogP contribution in [0.5, 0.6) is 5.75 Å². The number of aromatic amines is 1. The lowest BCUT2D eigenvalue weighted by molar-refractivity contribution is -0.274. The van der Waals surface area contributed by atoms with Gasteiger partial charge in [0, 0.05) is 36.5 Å². The lowest BCUT2D eigenvalue weighted by Gasteiger charge is -2.19. The normalized spacial score (nSPS) is 13.3. The number of nitrogens with zero attached hydrogens (tertiary/aromatic N) is 2. The Morgan fingerprint density at radius 2 is 2.00 bits per heavy atom. The van der Waals surface area contributed by atoms with Crippen LogP contribution in [0.1, 0.15) is 11.1 Å². The van der Waals surface area contributed by atoms with Crippen LogP contribution in [0.4, 0.5) is 32.4 Å². The van der Waals surface area contributed by atoms with E-state index in [0.717, 1.165) is 17.7 Å². The van der Waals surface area contributed by atoms with Gasteiger partial charge in [0.1, 0.15) is 17.4 Å². The molecule has 2 N–H and O–H groups in total. The maximum Gasteiger partial charge on any atom is 0.573 e. The predicted octanol–water partition coefficient (Wildman–Crippen LogP) is 4.53. The standard InChI is InChI=1S/C20H15F5N4O2/c21-14-3-11(4-15(6-14)31-20(23,24)25)8-26-19(30)29-2-1-12-5-16(13-9-27-28-10-13)17(22)7-18(12)29/h3-7,9-10H,1-2,8H2,(H,26,30)(H,27,28). The summed E-state index contributed by atoms with van der Waals surface area (Å²) in [5.74, 6) is -2.19. The van der Waals surface area contributed by atoms with Gasteiger partial charge in [0.15, 0.2) is 0 Å². The van der Waals surface area contributed by atoms with Gasteiger partial charge in [-0.3, -0.25) is 10.00 Å². The van der Waals surface area contributed by atoms with Crippen molar-refractivity contribution in [3.63, 3.8) is 0 Å². The van der Waals surface area contributed by atoms with Crippen molar-refractivity contribution in [2.75, 3.05) is 11.4 Å². The number of urea groups is 1. The summed E-state index contributed by atoms with van der Waals surface area (Å²) < 4.78 is 69.0. The zero-order chi connectivity index (χ0) is 22.2. The third-order valence-corrected chi connectivity index (χ3v) is 4.73. The van der Waals surface area contributed by atoms with Crippen LogP contribution < -0.4 is 15.0 Å². The van der Waals surface area contributed by atoms with Crippen molar-refractivity contribution in [1.29, 1.82) is 0 Å². The number of hydrogen-bond donors (Lipinski definition) is 2. The average Bonchev–Trinajstić information content (AvgIpc) is 3.33. The number of carbonyl (C=O) groups excluding carboxylic acids is 1. The first-order valence-corrected chi connectivity index (χ1v) is 9.12. The number of nitrogens with one attached hydrogen (secondary N) is 2. The van der Waals surface area contributed by atoms with Gasteiger partial charge in [-0.05, 0) is 41.8 Å². The molecule has 0 spiro atoms. The first-order valence-electron chi connectivity index (χ1n) is 9.12. The lowest BCUT2D eigenvalue weighted by Crippen LogP contribution is -2.38. The van der Waals surface area contributed by atoms with E-state index >= 15 is 0 Å². The fourth-order valence-electron chi connectivity index (χ4n) is 3.43. The molecule has 31 heavy (non-hydrogen) atoms. The van der Waals surface area contributed by atoms with Crippen LogP contribution in [-0.4, -0.2) is 29.1 Å². The van der Waals surface area contributed by atoms with E-state index in [1.54, 1.807) is 12.3 Å². The smallest absolute Gasteiger partial charge is 0.406 e. The highest BCUT2D eigenvalue weighted by Gasteiger charge is 2.31. The second-order valence-electron chi connectivity index (χ2n) is 6.85. The number of H-pyrrole nitrogens is 1. The zero-order valence-electron chi connectivity index (χ0n) is 15.8. The summed E-state index contributed by atoms with van der Waals surface area (Å²) in [6, 6.07) is 4.87. The summed E-state index contributed by atoms with van der Waals surface area (Å²) in [4.78, 5) is 13.9. The largest absolute Gasteiger partial charge is 0.573 e. The van der Waals surface area contributed by atoms with Crippen LogP contribution >= 0.6 is 0 Å². The third kappa shape index (κ3) is 4.60. The molecule has 0 fully saturated rings. The Morgan fingerprint density at radius 3 is 2.71 bits per heavy atom. The van der Waals surface area contributed by atoms with E-state index in [1.807, 2.05) is 0 Å². The Hall–Kier alpha value is -3.63. The van der Waals surface area contributed by atoms with E-state index in [0.29, 0.717) is 35.8 Å². The van der Waals surface area contributed by atoms with Gasteiger partial charge in [0.25, 0.3) is 0 Å². The Bertz CT molecular complexity index is 1120. The number of amides is 2. The minimum Gasteiger partial charge on any atom is -0.406 e. The number of aromatic nitrogens is 2. The molecule has 0 unspecified atom stereocenters. The third-order valence-electron chi connectivity index (χ3n) is 4.73. The molecule has 0 bridgehead atoms. The number of carbonyl (C=O) groups is 1. The van der Waals surface area contributed by atoms with E-state index < -0.39 is 29.8 Å². The van der Waals surface area contributed by atoms with Gasteiger partial charge in [-0.1, -0.05) is 0 Å². The van der Waals surface area contributed by atoms with Crippen LogP contribution in [0.2, 0.25) is 0 Å². The Kier molecular flexibility index (Phi) is 5.25. The maximum absolute atomic E-state index is 14.6. The molecule has 2 heterocycles. The predicted molar refractivity (Wildman–Crippen MR) is 100 cm³/mol. The summed E-state index contributed by atoms with van der Waals surface area (Å²) in [6.07, 6.45) is -1.43. The van der Waals surface area contributed by atoms with Crippen LogP contribution in [0.25, 0.3) is 11.1 Å². The second kappa shape index (κ2) is 7.89. The molecule has 162 valence electrons. The summed E-state index contributed by atoms with van der Waals surface area (Å²) in [7, 11) is 0. The highest BCUT2D eigenvalue weighted by Crippen LogP contribution is 2.34. The Balaban J connectivity index is 1.47. The van der Waals surface area contributed by atoms with Gasteiger partial charge in [0.2, 0.25) is 0 Å². The Morgan fingerprint density at radius 1 is 1.19 bits per heavy atom. The summed E-state index contributed by atoms with van der Waals surface area (Å²) in [5.41, 5.74) is 2.16. The van der Waals surface area contributed by atoms with Crippen LogP contribution in [0, 0.1) is 11.6 Å². The average molecular weight is 438 g/mol. The number of ether oxygens (including phenoxy) is 1. The number of halogens is 5. The quantitative estimate of drug-likeness (QED) is 0.589. The van der Waals surface area contributed by atoms with Crippen LogP contribution in [0.3, 0.4) is 0 Å². The lowest BCUT2D eigenvalue weighted by atomic mass is 10.0. The molecule has 3 aromatic rings. The first kappa shape index (κ1) is 20.6. The molecular weight excluding hydrogens is 423 g/mol. The molecule has 0 aliphatic carbocycles. The highest BCUT2D eigenvalue weighted by atomic mass is 19.4. The number of alkyl halides is 3. The van der Waals surface area contributed by atoms with Crippen LogP contribution in [0.15, 0.2) is 42.7 Å². The Labute approximate surface area is 172 Å². The molecule has 1 aliphatic heterocycles. The number of rotatable bonds is 4. The summed E-state index contributed by atoms with van der Waals surface area (Å²) >= 11 is 0. The molecule has 2 aromatic carbocycles. The highest BCUT2D eigenvalue weighted by molar-refractivity contribution is 5.94. The van der Waals surface area contributed by atoms with Crippen molar-refractivity contribution < 1.29 is 31.5 Å².